The molecule has 0 aliphatic carbocycles. The van der Waals surface area contributed by atoms with Crippen LogP contribution in [0.15, 0.2) is 57.7 Å². The van der Waals surface area contributed by atoms with Crippen molar-refractivity contribution in [3.63, 3.8) is 0 Å². The SMILES string of the molecule is COc1cc(Cl)cc2c(=O)cc(CC(=O)c3ccccc3)oc12. The highest BCUT2D eigenvalue weighted by molar-refractivity contribution is 6.31. The predicted molar refractivity (Wildman–Crippen MR) is 88.5 cm³/mol. The van der Waals surface area contributed by atoms with E-state index in [0.29, 0.717) is 27.3 Å². The molecule has 1 aromatic heterocycles. The fourth-order valence-electron chi connectivity index (χ4n) is 2.36. The summed E-state index contributed by atoms with van der Waals surface area (Å²) >= 11 is 5.96. The molecule has 116 valence electrons. The van der Waals surface area contributed by atoms with Gasteiger partial charge in [0.1, 0.15) is 5.76 Å². The number of carbonyl (C=O) groups excluding carboxylic acids is 1. The lowest BCUT2D eigenvalue weighted by molar-refractivity contribution is 0.0987. The molecule has 0 saturated carbocycles. The normalized spacial score (nSPS) is 10.7. The van der Waals surface area contributed by atoms with Crippen molar-refractivity contribution >= 4 is 28.4 Å². The highest BCUT2D eigenvalue weighted by Crippen LogP contribution is 2.29. The first-order valence-corrected chi connectivity index (χ1v) is 7.35. The van der Waals surface area contributed by atoms with Crippen molar-refractivity contribution in [1.82, 2.24) is 0 Å². The van der Waals surface area contributed by atoms with Crippen molar-refractivity contribution < 1.29 is 13.9 Å². The zero-order valence-electron chi connectivity index (χ0n) is 12.3. The number of rotatable bonds is 4. The third kappa shape index (κ3) is 3.12. The van der Waals surface area contributed by atoms with Crippen molar-refractivity contribution in [2.45, 2.75) is 6.42 Å². The standard InChI is InChI=1S/C18H13ClO4/c1-22-17-8-12(19)7-14-16(21)10-13(23-18(14)17)9-15(20)11-5-3-2-4-6-11/h2-8,10H,9H2,1H3. The molecule has 0 aliphatic heterocycles. The third-order valence-corrected chi connectivity index (χ3v) is 3.68. The van der Waals surface area contributed by atoms with Crippen LogP contribution in [0.4, 0.5) is 0 Å². The van der Waals surface area contributed by atoms with Gasteiger partial charge in [0.25, 0.3) is 0 Å². The van der Waals surface area contributed by atoms with Gasteiger partial charge in [-0.05, 0) is 6.07 Å². The van der Waals surface area contributed by atoms with Gasteiger partial charge in [-0.15, -0.1) is 0 Å². The second kappa shape index (κ2) is 6.26. The number of Topliss-reactive ketones (excluding diaryl/α,β-unsaturated/α-hetero) is 1. The Morgan fingerprint density at radius 3 is 2.61 bits per heavy atom. The molecule has 23 heavy (non-hydrogen) atoms. The molecule has 5 heteroatoms. The number of fused-ring (bicyclic) bond motifs is 1. The second-order valence-electron chi connectivity index (χ2n) is 5.03. The summed E-state index contributed by atoms with van der Waals surface area (Å²) in [4.78, 5) is 24.5. The minimum Gasteiger partial charge on any atom is -0.493 e. The van der Waals surface area contributed by atoms with Gasteiger partial charge in [-0.2, -0.15) is 0 Å². The zero-order valence-corrected chi connectivity index (χ0v) is 13.1. The van der Waals surface area contributed by atoms with Crippen LogP contribution in [-0.2, 0) is 6.42 Å². The lowest BCUT2D eigenvalue weighted by Gasteiger charge is -2.07. The Kier molecular flexibility index (Phi) is 4.17. The Bertz CT molecular complexity index is 929. The molecular weight excluding hydrogens is 316 g/mol. The minimum atomic E-state index is -0.261. The van der Waals surface area contributed by atoms with Crippen LogP contribution in [-0.4, -0.2) is 12.9 Å². The van der Waals surface area contributed by atoms with Gasteiger partial charge in [-0.1, -0.05) is 41.9 Å². The predicted octanol–water partition coefficient (Wildman–Crippen LogP) is 3.88. The summed E-state index contributed by atoms with van der Waals surface area (Å²) < 4.78 is 10.9. The van der Waals surface area contributed by atoms with E-state index in [0.717, 1.165) is 0 Å². The summed E-state index contributed by atoms with van der Waals surface area (Å²) in [6, 6.07) is 13.3. The van der Waals surface area contributed by atoms with E-state index in [2.05, 4.69) is 0 Å². The Morgan fingerprint density at radius 1 is 1.17 bits per heavy atom. The molecular formula is C18H13ClO4. The van der Waals surface area contributed by atoms with Gasteiger partial charge < -0.3 is 9.15 Å². The Labute approximate surface area is 137 Å². The molecule has 1 heterocycles. The number of methoxy groups -OCH3 is 1. The van der Waals surface area contributed by atoms with Gasteiger partial charge in [0, 0.05) is 22.7 Å². The van der Waals surface area contributed by atoms with Crippen LogP contribution < -0.4 is 10.2 Å². The minimum absolute atomic E-state index is 0.000966. The monoisotopic (exact) mass is 328 g/mol. The second-order valence-corrected chi connectivity index (χ2v) is 5.46. The molecule has 2 aromatic carbocycles. The lowest BCUT2D eigenvalue weighted by Crippen LogP contribution is -2.08. The topological polar surface area (TPSA) is 56.5 Å². The molecule has 0 radical (unpaired) electrons. The molecule has 0 unspecified atom stereocenters. The smallest absolute Gasteiger partial charge is 0.193 e. The van der Waals surface area contributed by atoms with Gasteiger partial charge >= 0.3 is 0 Å². The van der Waals surface area contributed by atoms with Crippen molar-refractivity contribution in [3.8, 4) is 5.75 Å². The number of carbonyl (C=O) groups is 1. The first-order valence-electron chi connectivity index (χ1n) is 6.97. The van der Waals surface area contributed by atoms with Gasteiger partial charge in [0.05, 0.1) is 18.9 Å². The molecule has 3 rings (SSSR count). The fraction of sp³-hybridized carbons (Fsp3) is 0.111. The molecule has 0 fully saturated rings. The number of hydrogen-bond acceptors (Lipinski definition) is 4. The molecule has 4 nitrogen and oxygen atoms in total. The van der Waals surface area contributed by atoms with Crippen LogP contribution in [0.5, 0.6) is 5.75 Å². The highest BCUT2D eigenvalue weighted by atomic mass is 35.5. The van der Waals surface area contributed by atoms with E-state index in [4.69, 9.17) is 20.8 Å². The zero-order chi connectivity index (χ0) is 16.4. The van der Waals surface area contributed by atoms with Gasteiger partial charge in [0.15, 0.2) is 22.5 Å². The Balaban J connectivity index is 2.04. The molecule has 3 aromatic rings. The van der Waals surface area contributed by atoms with E-state index < -0.39 is 0 Å². The van der Waals surface area contributed by atoms with E-state index in [9.17, 15) is 9.59 Å². The molecule has 0 bridgehead atoms. The van der Waals surface area contributed by atoms with E-state index in [1.807, 2.05) is 6.07 Å². The van der Waals surface area contributed by atoms with Crippen molar-refractivity contribution in [2.24, 2.45) is 0 Å². The summed E-state index contributed by atoms with van der Waals surface area (Å²) in [7, 11) is 1.47. The molecule has 0 N–H and O–H groups in total. The molecule has 0 saturated heterocycles. The van der Waals surface area contributed by atoms with Crippen molar-refractivity contribution in [3.05, 3.63) is 75.1 Å². The van der Waals surface area contributed by atoms with E-state index >= 15 is 0 Å². The van der Waals surface area contributed by atoms with E-state index in [1.54, 1.807) is 30.3 Å². The molecule has 0 amide bonds. The van der Waals surface area contributed by atoms with E-state index in [-0.39, 0.29) is 23.4 Å². The summed E-state index contributed by atoms with van der Waals surface area (Å²) in [6.07, 6.45) is 0.000966. The van der Waals surface area contributed by atoms with Gasteiger partial charge in [-0.3, -0.25) is 9.59 Å². The van der Waals surface area contributed by atoms with Crippen molar-refractivity contribution in [2.75, 3.05) is 7.11 Å². The number of ketones is 1. The average Bonchev–Trinajstić information content (AvgIpc) is 2.56. The number of halogens is 1. The maximum Gasteiger partial charge on any atom is 0.193 e. The Hall–Kier alpha value is -2.59. The average molecular weight is 329 g/mol. The van der Waals surface area contributed by atoms with Crippen LogP contribution in [0, 0.1) is 0 Å². The third-order valence-electron chi connectivity index (χ3n) is 3.46. The van der Waals surface area contributed by atoms with Crippen molar-refractivity contribution in [1.29, 1.82) is 0 Å². The quantitative estimate of drug-likeness (QED) is 0.682. The number of benzene rings is 2. The summed E-state index contributed by atoms with van der Waals surface area (Å²) in [5, 5.41) is 0.708. The van der Waals surface area contributed by atoms with Gasteiger partial charge in [-0.25, -0.2) is 0 Å². The molecule has 0 spiro atoms. The molecule has 0 atom stereocenters. The largest absolute Gasteiger partial charge is 0.493 e. The maximum atomic E-state index is 12.3. The summed E-state index contributed by atoms with van der Waals surface area (Å²) in [5.41, 5.74) is 0.599. The van der Waals surface area contributed by atoms with Crippen LogP contribution in [0.25, 0.3) is 11.0 Å². The van der Waals surface area contributed by atoms with Gasteiger partial charge in [0.2, 0.25) is 0 Å². The lowest BCUT2D eigenvalue weighted by atomic mass is 10.1. The van der Waals surface area contributed by atoms with Crippen LogP contribution in [0.1, 0.15) is 16.1 Å². The maximum absolute atomic E-state index is 12.3. The Morgan fingerprint density at radius 2 is 1.91 bits per heavy atom. The summed E-state index contributed by atoms with van der Waals surface area (Å²) in [5.74, 6) is 0.525. The molecule has 0 aliphatic rings. The fourth-order valence-corrected chi connectivity index (χ4v) is 2.57. The number of hydrogen-bond donors (Lipinski definition) is 0. The van der Waals surface area contributed by atoms with Crippen LogP contribution in [0.2, 0.25) is 5.02 Å². The first-order chi connectivity index (χ1) is 11.1. The van der Waals surface area contributed by atoms with Crippen LogP contribution in [0.3, 0.4) is 0 Å². The highest BCUT2D eigenvalue weighted by Gasteiger charge is 2.14. The van der Waals surface area contributed by atoms with E-state index in [1.165, 1.54) is 19.2 Å². The number of ether oxygens (including phenoxy) is 1. The summed E-state index contributed by atoms with van der Waals surface area (Å²) in [6.45, 7) is 0. The van der Waals surface area contributed by atoms with Crippen LogP contribution >= 0.6 is 11.6 Å². The first kappa shape index (κ1) is 15.3.